The molecule has 1 saturated carbocycles. The number of carbonyl (C=O) groups is 2. The van der Waals surface area contributed by atoms with Crippen LogP contribution >= 0.6 is 15.9 Å². The van der Waals surface area contributed by atoms with E-state index in [0.29, 0.717) is 10.9 Å². The summed E-state index contributed by atoms with van der Waals surface area (Å²) in [5.41, 5.74) is 11.2. The van der Waals surface area contributed by atoms with E-state index in [-0.39, 0.29) is 5.76 Å². The van der Waals surface area contributed by atoms with Crippen molar-refractivity contribution in [3.8, 4) is 0 Å². The summed E-state index contributed by atoms with van der Waals surface area (Å²) in [6.07, 6.45) is 7.09. The number of hydrogen-bond donors (Lipinski definition) is 2. The van der Waals surface area contributed by atoms with E-state index < -0.39 is 5.91 Å². The Morgan fingerprint density at radius 2 is 2.10 bits per heavy atom. The first-order chi connectivity index (χ1) is 15.0. The van der Waals surface area contributed by atoms with Crippen LogP contribution < -0.4 is 11.2 Å². The highest BCUT2D eigenvalue weighted by molar-refractivity contribution is 9.10. The summed E-state index contributed by atoms with van der Waals surface area (Å²) in [6.45, 7) is 0. The Morgan fingerprint density at radius 3 is 2.74 bits per heavy atom. The van der Waals surface area contributed by atoms with Crippen molar-refractivity contribution in [1.82, 2.24) is 10.6 Å². The van der Waals surface area contributed by atoms with Gasteiger partial charge in [0.25, 0.3) is 5.91 Å². The quantitative estimate of drug-likeness (QED) is 0.287. The molecule has 4 rings (SSSR count). The van der Waals surface area contributed by atoms with E-state index in [0.717, 1.165) is 39.9 Å². The van der Waals surface area contributed by atoms with E-state index in [1.807, 2.05) is 24.3 Å². The van der Waals surface area contributed by atoms with E-state index >= 15 is 0 Å². The van der Waals surface area contributed by atoms with Crippen LogP contribution in [0.15, 0.2) is 56.6 Å². The number of nitrogens with one attached hydrogen (secondary N) is 1. The van der Waals surface area contributed by atoms with Gasteiger partial charge in [-0.2, -0.15) is 5.10 Å². The van der Waals surface area contributed by atoms with Gasteiger partial charge in [-0.3, -0.25) is 9.59 Å². The number of halogens is 1. The molecule has 0 atom stereocenters. The molecule has 1 aliphatic carbocycles. The molecule has 162 valence electrons. The van der Waals surface area contributed by atoms with Gasteiger partial charge in [-0.25, -0.2) is 0 Å². The number of aromatic nitrogens is 1. The van der Waals surface area contributed by atoms with Crippen LogP contribution in [0.4, 0.5) is 0 Å². The standard InChI is InChI=1S/C15H20N2O.C8H5BrN2O2/c1-16-17-15(10-9-12-5-4-6-12)14-8-3-2-7-13(14)11-18;9-4-1-2-5-6(3-4)11-13-7(5)8(10)12/h2-3,7-8,11-12,16H,4-6,9-10H2,1H3;1-3H,(H2,10,12)/b17-15-;. The van der Waals surface area contributed by atoms with Crippen molar-refractivity contribution >= 4 is 44.7 Å². The number of hydrogen-bond acceptors (Lipinski definition) is 6. The normalized spacial score (nSPS) is 13.8. The monoisotopic (exact) mass is 484 g/mol. The van der Waals surface area contributed by atoms with E-state index in [2.05, 4.69) is 31.6 Å². The highest BCUT2D eigenvalue weighted by Gasteiger charge is 2.19. The second-order valence-electron chi connectivity index (χ2n) is 7.36. The lowest BCUT2D eigenvalue weighted by atomic mass is 9.81. The average Bonchev–Trinajstić information content (AvgIpc) is 3.15. The zero-order valence-electron chi connectivity index (χ0n) is 17.3. The molecule has 31 heavy (non-hydrogen) atoms. The molecule has 1 fully saturated rings. The van der Waals surface area contributed by atoms with Crippen LogP contribution in [0.3, 0.4) is 0 Å². The molecule has 1 amide bonds. The fraction of sp³-hybridized carbons (Fsp3) is 0.304. The molecule has 1 aromatic heterocycles. The van der Waals surface area contributed by atoms with Crippen molar-refractivity contribution in [3.05, 3.63) is 63.8 Å². The molecule has 3 N–H and O–H groups in total. The van der Waals surface area contributed by atoms with Gasteiger partial charge in [-0.05, 0) is 37.0 Å². The third-order valence-corrected chi connectivity index (χ3v) is 5.82. The lowest BCUT2D eigenvalue weighted by Crippen LogP contribution is -2.15. The Labute approximate surface area is 189 Å². The molecule has 0 bridgehead atoms. The summed E-state index contributed by atoms with van der Waals surface area (Å²) in [6, 6.07) is 12.9. The van der Waals surface area contributed by atoms with Crippen molar-refractivity contribution in [1.29, 1.82) is 0 Å². The lowest BCUT2D eigenvalue weighted by molar-refractivity contribution is 0.0967. The van der Waals surface area contributed by atoms with Crippen molar-refractivity contribution < 1.29 is 14.1 Å². The van der Waals surface area contributed by atoms with Crippen LogP contribution in [0.25, 0.3) is 10.9 Å². The number of amides is 1. The SMILES string of the molecule is CN/N=C(/CCC1CCC1)c1ccccc1C=O.NC(=O)c1onc2cc(Br)ccc12. The zero-order chi connectivity index (χ0) is 22.2. The van der Waals surface area contributed by atoms with Crippen LogP contribution in [-0.2, 0) is 0 Å². The van der Waals surface area contributed by atoms with Crippen molar-refractivity contribution in [2.75, 3.05) is 7.05 Å². The molecule has 8 heteroatoms. The molecule has 0 saturated heterocycles. The Balaban J connectivity index is 0.000000185. The van der Waals surface area contributed by atoms with Crippen molar-refractivity contribution in [2.24, 2.45) is 16.8 Å². The van der Waals surface area contributed by atoms with E-state index in [1.165, 1.54) is 25.7 Å². The molecular weight excluding hydrogens is 460 g/mol. The molecule has 0 spiro atoms. The predicted octanol–water partition coefficient (Wildman–Crippen LogP) is 4.69. The van der Waals surface area contributed by atoms with Crippen molar-refractivity contribution in [2.45, 2.75) is 32.1 Å². The number of aldehydes is 1. The Kier molecular flexibility index (Phi) is 7.94. The van der Waals surface area contributed by atoms with E-state index in [4.69, 9.17) is 10.3 Å². The van der Waals surface area contributed by atoms with Gasteiger partial charge in [0.1, 0.15) is 5.52 Å². The minimum absolute atomic E-state index is 0.0995. The number of nitrogens with zero attached hydrogens (tertiary/aromatic N) is 2. The van der Waals surface area contributed by atoms with Crippen LogP contribution in [0.5, 0.6) is 0 Å². The average molecular weight is 485 g/mol. The molecule has 0 radical (unpaired) electrons. The van der Waals surface area contributed by atoms with Crippen LogP contribution in [0.2, 0.25) is 0 Å². The largest absolute Gasteiger partial charge is 0.363 e. The van der Waals surface area contributed by atoms with Crippen molar-refractivity contribution in [3.63, 3.8) is 0 Å². The van der Waals surface area contributed by atoms with Crippen LogP contribution in [-0.4, -0.2) is 30.1 Å². The number of rotatable bonds is 7. The highest BCUT2D eigenvalue weighted by atomic mass is 79.9. The summed E-state index contributed by atoms with van der Waals surface area (Å²) in [5.74, 6) is 0.350. The number of primary amides is 1. The highest BCUT2D eigenvalue weighted by Crippen LogP contribution is 2.31. The minimum Gasteiger partial charge on any atom is -0.363 e. The summed E-state index contributed by atoms with van der Waals surface area (Å²) in [7, 11) is 1.80. The number of fused-ring (bicyclic) bond motifs is 1. The Bertz CT molecular complexity index is 1090. The third-order valence-electron chi connectivity index (χ3n) is 5.32. The summed E-state index contributed by atoms with van der Waals surface area (Å²) in [4.78, 5) is 21.9. The molecule has 2 aromatic carbocycles. The molecule has 7 nitrogen and oxygen atoms in total. The van der Waals surface area contributed by atoms with Gasteiger partial charge >= 0.3 is 0 Å². The molecule has 1 heterocycles. The van der Waals surface area contributed by atoms with Gasteiger partial charge in [-0.1, -0.05) is 64.6 Å². The second kappa shape index (κ2) is 10.9. The van der Waals surface area contributed by atoms with E-state index in [1.54, 1.807) is 25.2 Å². The summed E-state index contributed by atoms with van der Waals surface area (Å²) in [5, 5.41) is 8.67. The number of nitrogens with two attached hydrogens (primary N) is 1. The van der Waals surface area contributed by atoms with Gasteiger partial charge < -0.3 is 15.7 Å². The maximum absolute atomic E-state index is 11.1. The maximum atomic E-state index is 11.1. The Morgan fingerprint density at radius 1 is 1.32 bits per heavy atom. The predicted molar refractivity (Wildman–Crippen MR) is 124 cm³/mol. The van der Waals surface area contributed by atoms with Crippen LogP contribution in [0.1, 0.15) is 58.6 Å². The number of carbonyl (C=O) groups excluding carboxylic acids is 2. The minimum atomic E-state index is -0.607. The molecule has 1 aliphatic rings. The van der Waals surface area contributed by atoms with Gasteiger partial charge in [0.05, 0.1) is 11.1 Å². The van der Waals surface area contributed by atoms with Crippen LogP contribution in [0, 0.1) is 5.92 Å². The molecule has 3 aromatic rings. The second-order valence-corrected chi connectivity index (χ2v) is 8.28. The molecule has 0 unspecified atom stereocenters. The topological polar surface area (TPSA) is 111 Å². The fourth-order valence-electron chi connectivity index (χ4n) is 3.46. The number of hydrazone groups is 1. The van der Waals surface area contributed by atoms with Gasteiger partial charge in [-0.15, -0.1) is 0 Å². The maximum Gasteiger partial charge on any atom is 0.287 e. The molecular formula is C23H25BrN4O3. The summed E-state index contributed by atoms with van der Waals surface area (Å²) >= 11 is 3.28. The van der Waals surface area contributed by atoms with E-state index in [9.17, 15) is 9.59 Å². The third kappa shape index (κ3) is 5.79. The molecule has 0 aliphatic heterocycles. The zero-order valence-corrected chi connectivity index (χ0v) is 18.9. The lowest BCUT2D eigenvalue weighted by Gasteiger charge is -2.25. The fourth-order valence-corrected chi connectivity index (χ4v) is 3.81. The smallest absolute Gasteiger partial charge is 0.287 e. The first kappa shape index (κ1) is 22.7. The van der Waals surface area contributed by atoms with Gasteiger partial charge in [0.15, 0.2) is 6.29 Å². The van der Waals surface area contributed by atoms with Gasteiger partial charge in [0, 0.05) is 22.6 Å². The Hall–Kier alpha value is -3.00. The summed E-state index contributed by atoms with van der Waals surface area (Å²) < 4.78 is 5.67. The number of benzene rings is 2. The first-order valence-corrected chi connectivity index (χ1v) is 11.0. The van der Waals surface area contributed by atoms with Gasteiger partial charge in [0.2, 0.25) is 5.76 Å². The first-order valence-electron chi connectivity index (χ1n) is 10.2.